The Morgan fingerprint density at radius 1 is 1.16 bits per heavy atom. The number of aliphatic carboxylic acids is 1. The molecular weight excluding hydrogens is 242 g/mol. The summed E-state index contributed by atoms with van der Waals surface area (Å²) in [6.45, 7) is 5.91. The molecule has 0 aromatic heterocycles. The lowest BCUT2D eigenvalue weighted by Gasteiger charge is -2.29. The van der Waals surface area contributed by atoms with E-state index in [9.17, 15) is 9.59 Å². The van der Waals surface area contributed by atoms with Crippen LogP contribution in [-0.4, -0.2) is 34.5 Å². The summed E-state index contributed by atoms with van der Waals surface area (Å²) in [5, 5.41) is 8.74. The Bertz CT molecular complexity index is 428. The molecule has 1 amide bonds. The highest BCUT2D eigenvalue weighted by atomic mass is 16.4. The molecule has 0 spiro atoms. The van der Waals surface area contributed by atoms with Gasteiger partial charge in [-0.2, -0.15) is 0 Å². The van der Waals surface area contributed by atoms with E-state index in [2.05, 4.69) is 0 Å². The lowest BCUT2D eigenvalue weighted by molar-refractivity contribution is -0.139. The third kappa shape index (κ3) is 4.39. The summed E-state index contributed by atoms with van der Waals surface area (Å²) in [7, 11) is 0. The van der Waals surface area contributed by atoms with Crippen LogP contribution in [0, 0.1) is 0 Å². The van der Waals surface area contributed by atoms with Crippen LogP contribution in [0.4, 0.5) is 0 Å². The maximum Gasteiger partial charge on any atom is 0.305 e. The van der Waals surface area contributed by atoms with Crippen molar-refractivity contribution in [2.75, 3.05) is 6.54 Å². The van der Waals surface area contributed by atoms with Crippen molar-refractivity contribution in [1.29, 1.82) is 0 Å². The first kappa shape index (κ1) is 15.2. The first-order valence-corrected chi connectivity index (χ1v) is 6.50. The van der Waals surface area contributed by atoms with Gasteiger partial charge in [-0.1, -0.05) is 30.3 Å². The van der Waals surface area contributed by atoms with Gasteiger partial charge in [-0.25, -0.2) is 0 Å². The number of carbonyl (C=O) groups excluding carboxylic acids is 1. The van der Waals surface area contributed by atoms with Crippen LogP contribution < -0.4 is 0 Å². The molecule has 19 heavy (non-hydrogen) atoms. The van der Waals surface area contributed by atoms with Crippen molar-refractivity contribution in [3.63, 3.8) is 0 Å². The third-order valence-electron chi connectivity index (χ3n) is 3.14. The van der Waals surface area contributed by atoms with Gasteiger partial charge in [0.05, 0.1) is 12.3 Å². The number of amides is 1. The van der Waals surface area contributed by atoms with Crippen molar-refractivity contribution in [3.05, 3.63) is 35.9 Å². The van der Waals surface area contributed by atoms with Crippen LogP contribution in [0.2, 0.25) is 0 Å². The second-order valence-corrected chi connectivity index (χ2v) is 4.90. The Morgan fingerprint density at radius 3 is 2.21 bits per heavy atom. The van der Waals surface area contributed by atoms with Crippen LogP contribution in [0.5, 0.6) is 0 Å². The van der Waals surface area contributed by atoms with E-state index >= 15 is 0 Å². The molecule has 0 aliphatic heterocycles. The standard InChI is InChI=1S/C15H21NO3/c1-11(2)16(10-9-14(17)18)15(19)12(3)13-7-5-4-6-8-13/h4-8,11-12H,9-10H2,1-3H3,(H,17,18)/t12-/m0/s1. The SMILES string of the molecule is CC(C)N(CCC(=O)O)C(=O)[C@@H](C)c1ccccc1. The molecule has 104 valence electrons. The number of nitrogens with zero attached hydrogens (tertiary/aromatic N) is 1. The second-order valence-electron chi connectivity index (χ2n) is 4.90. The molecule has 1 rings (SSSR count). The largest absolute Gasteiger partial charge is 0.481 e. The zero-order chi connectivity index (χ0) is 14.4. The van der Waals surface area contributed by atoms with Gasteiger partial charge >= 0.3 is 5.97 Å². The highest BCUT2D eigenvalue weighted by Gasteiger charge is 2.24. The molecule has 1 N–H and O–H groups in total. The van der Waals surface area contributed by atoms with Gasteiger partial charge in [-0.3, -0.25) is 9.59 Å². The average molecular weight is 263 g/mol. The van der Waals surface area contributed by atoms with Gasteiger partial charge in [0.2, 0.25) is 5.91 Å². The summed E-state index contributed by atoms with van der Waals surface area (Å²) in [5.74, 6) is -1.16. The summed E-state index contributed by atoms with van der Waals surface area (Å²) >= 11 is 0. The molecule has 0 saturated heterocycles. The Balaban J connectivity index is 2.79. The minimum atomic E-state index is -0.884. The van der Waals surface area contributed by atoms with Crippen LogP contribution in [0.3, 0.4) is 0 Å². The fourth-order valence-corrected chi connectivity index (χ4v) is 1.97. The van der Waals surface area contributed by atoms with Crippen LogP contribution in [0.15, 0.2) is 30.3 Å². The van der Waals surface area contributed by atoms with Gasteiger partial charge in [-0.15, -0.1) is 0 Å². The molecule has 0 unspecified atom stereocenters. The van der Waals surface area contributed by atoms with Gasteiger partial charge in [0.25, 0.3) is 0 Å². The van der Waals surface area contributed by atoms with E-state index < -0.39 is 5.97 Å². The number of hydrogen-bond donors (Lipinski definition) is 1. The Labute approximate surface area is 114 Å². The van der Waals surface area contributed by atoms with Crippen LogP contribution in [0.1, 0.15) is 38.7 Å². The van der Waals surface area contributed by atoms with Crippen LogP contribution in [-0.2, 0) is 9.59 Å². The Hall–Kier alpha value is -1.84. The van der Waals surface area contributed by atoms with E-state index in [-0.39, 0.29) is 30.8 Å². The molecule has 0 heterocycles. The molecule has 0 aliphatic carbocycles. The molecule has 0 fully saturated rings. The number of carboxylic acid groups (broad SMARTS) is 1. The quantitative estimate of drug-likeness (QED) is 0.858. The first-order valence-electron chi connectivity index (χ1n) is 6.50. The van der Waals surface area contributed by atoms with Crippen molar-refractivity contribution in [3.8, 4) is 0 Å². The number of rotatable bonds is 6. The van der Waals surface area contributed by atoms with Crippen molar-refractivity contribution >= 4 is 11.9 Å². The van der Waals surface area contributed by atoms with E-state index in [1.165, 1.54) is 0 Å². The van der Waals surface area contributed by atoms with Gasteiger partial charge < -0.3 is 10.0 Å². The smallest absolute Gasteiger partial charge is 0.305 e. The third-order valence-corrected chi connectivity index (χ3v) is 3.14. The minimum absolute atomic E-state index is 0.00184. The van der Waals surface area contributed by atoms with Gasteiger partial charge in [0.15, 0.2) is 0 Å². The molecule has 0 aliphatic rings. The maximum absolute atomic E-state index is 12.4. The molecule has 0 saturated carbocycles. The lowest BCUT2D eigenvalue weighted by Crippen LogP contribution is -2.40. The molecular formula is C15H21NO3. The Kier molecular flexibility index (Phi) is 5.55. The van der Waals surface area contributed by atoms with E-state index in [1.54, 1.807) is 4.90 Å². The zero-order valence-electron chi connectivity index (χ0n) is 11.7. The minimum Gasteiger partial charge on any atom is -0.481 e. The van der Waals surface area contributed by atoms with Crippen LogP contribution >= 0.6 is 0 Å². The molecule has 4 heteroatoms. The average Bonchev–Trinajstić information content (AvgIpc) is 2.38. The molecule has 1 aromatic rings. The maximum atomic E-state index is 12.4. The van der Waals surface area contributed by atoms with Crippen molar-refractivity contribution in [2.24, 2.45) is 0 Å². The number of hydrogen-bond acceptors (Lipinski definition) is 2. The van der Waals surface area contributed by atoms with Crippen molar-refractivity contribution in [2.45, 2.75) is 39.2 Å². The van der Waals surface area contributed by atoms with E-state index in [1.807, 2.05) is 51.1 Å². The van der Waals surface area contributed by atoms with Gasteiger partial charge in [0, 0.05) is 12.6 Å². The summed E-state index contributed by atoms with van der Waals surface area (Å²) in [5.41, 5.74) is 0.952. The van der Waals surface area contributed by atoms with Crippen molar-refractivity contribution < 1.29 is 14.7 Å². The van der Waals surface area contributed by atoms with Gasteiger partial charge in [0.1, 0.15) is 0 Å². The highest BCUT2D eigenvalue weighted by Crippen LogP contribution is 2.19. The normalized spacial score (nSPS) is 12.2. The molecule has 4 nitrogen and oxygen atoms in total. The fourth-order valence-electron chi connectivity index (χ4n) is 1.97. The predicted octanol–water partition coefficient (Wildman–Crippen LogP) is 2.50. The first-order chi connectivity index (χ1) is 8.93. The number of benzene rings is 1. The predicted molar refractivity (Wildman–Crippen MR) is 74.0 cm³/mol. The van der Waals surface area contributed by atoms with E-state index in [0.717, 1.165) is 5.56 Å². The highest BCUT2D eigenvalue weighted by molar-refractivity contribution is 5.84. The molecule has 1 aromatic carbocycles. The number of carboxylic acids is 1. The monoisotopic (exact) mass is 263 g/mol. The summed E-state index contributed by atoms with van der Waals surface area (Å²) in [6, 6.07) is 9.53. The van der Waals surface area contributed by atoms with Crippen molar-refractivity contribution in [1.82, 2.24) is 4.90 Å². The topological polar surface area (TPSA) is 57.6 Å². The van der Waals surface area contributed by atoms with Gasteiger partial charge in [-0.05, 0) is 26.3 Å². The summed E-state index contributed by atoms with van der Waals surface area (Å²) in [4.78, 5) is 24.7. The molecule has 0 radical (unpaired) electrons. The molecule has 1 atom stereocenters. The number of carbonyl (C=O) groups is 2. The van der Waals surface area contributed by atoms with Crippen LogP contribution in [0.25, 0.3) is 0 Å². The fraction of sp³-hybridized carbons (Fsp3) is 0.467. The molecule has 0 bridgehead atoms. The lowest BCUT2D eigenvalue weighted by atomic mass is 9.99. The van der Waals surface area contributed by atoms with E-state index in [0.29, 0.717) is 0 Å². The summed E-state index contributed by atoms with van der Waals surface area (Å²) in [6.07, 6.45) is -0.0224. The zero-order valence-corrected chi connectivity index (χ0v) is 11.7. The second kappa shape index (κ2) is 6.92. The Morgan fingerprint density at radius 2 is 1.74 bits per heavy atom. The summed E-state index contributed by atoms with van der Waals surface area (Å²) < 4.78 is 0. The van der Waals surface area contributed by atoms with E-state index in [4.69, 9.17) is 5.11 Å².